The van der Waals surface area contributed by atoms with Crippen LogP contribution in [-0.4, -0.2) is 69.9 Å². The number of H-pyrrole nitrogens is 1. The van der Waals surface area contributed by atoms with Gasteiger partial charge >= 0.3 is 16.3 Å². The van der Waals surface area contributed by atoms with Gasteiger partial charge in [0.1, 0.15) is 18.3 Å². The molecule has 4 aliphatic heterocycles. The first kappa shape index (κ1) is 29.1. The molecule has 0 aliphatic carbocycles. The smallest absolute Gasteiger partial charge is 0.500 e. The van der Waals surface area contributed by atoms with E-state index in [-0.39, 0.29) is 36.3 Å². The Bertz CT molecular complexity index is 1870. The number of nitrogens with zero attached hydrogens (tertiary/aromatic N) is 4. The van der Waals surface area contributed by atoms with Crippen molar-refractivity contribution in [1.29, 1.82) is 0 Å². The highest BCUT2D eigenvalue weighted by atomic mass is 31.2. The second-order valence-electron chi connectivity index (χ2n) is 9.54. The van der Waals surface area contributed by atoms with E-state index in [1.807, 2.05) is 0 Å². The molecule has 3 aromatic rings. The van der Waals surface area contributed by atoms with Gasteiger partial charge in [-0.25, -0.2) is 18.5 Å². The molecule has 2 bridgehead atoms. The van der Waals surface area contributed by atoms with E-state index in [9.17, 15) is 29.5 Å². The minimum atomic E-state index is -5.03. The van der Waals surface area contributed by atoms with Crippen molar-refractivity contribution in [2.75, 3.05) is 24.0 Å². The van der Waals surface area contributed by atoms with Crippen molar-refractivity contribution in [1.82, 2.24) is 35.5 Å². The van der Waals surface area contributed by atoms with E-state index >= 15 is 4.39 Å². The van der Waals surface area contributed by atoms with Crippen molar-refractivity contribution in [3.05, 3.63) is 51.7 Å². The number of anilines is 2. The summed E-state index contributed by atoms with van der Waals surface area (Å²) in [6, 6.07) is 0. The lowest BCUT2D eigenvalue weighted by atomic mass is 10.3. The van der Waals surface area contributed by atoms with Gasteiger partial charge in [0.15, 0.2) is 35.6 Å². The highest BCUT2D eigenvalue weighted by molar-refractivity contribution is 7.55. The number of rotatable bonds is 2. The fraction of sp³-hybridized carbons (Fsp3) is 0.250. The van der Waals surface area contributed by atoms with Gasteiger partial charge in [-0.15, -0.1) is 4.52 Å². The molecule has 45 heavy (non-hydrogen) atoms. The number of ether oxygens (including phenoxy) is 1. The van der Waals surface area contributed by atoms with E-state index in [2.05, 4.69) is 30.9 Å². The molecule has 0 aromatic carbocycles. The Labute approximate surface area is 249 Å². The summed E-state index contributed by atoms with van der Waals surface area (Å²) in [7, 11) is -10.0. The summed E-state index contributed by atoms with van der Waals surface area (Å²) in [5.41, 5.74) is 10.9. The summed E-state index contributed by atoms with van der Waals surface area (Å²) in [5, 5.41) is 20.0. The van der Waals surface area contributed by atoms with Crippen molar-refractivity contribution in [3.8, 4) is 11.5 Å². The quantitative estimate of drug-likeness (QED) is 0.134. The predicted molar refractivity (Wildman–Crippen MR) is 147 cm³/mol. The van der Waals surface area contributed by atoms with Gasteiger partial charge in [0.25, 0.3) is 23.0 Å². The molecule has 1 unspecified atom stereocenters. The summed E-state index contributed by atoms with van der Waals surface area (Å²) >= 11 is 0. The molecule has 25 heteroatoms. The van der Waals surface area contributed by atoms with E-state index in [0.29, 0.717) is 17.8 Å². The average Bonchev–Trinajstić information content (AvgIpc) is 3.72. The Hall–Kier alpha value is -4.60. The van der Waals surface area contributed by atoms with Gasteiger partial charge in [-0.05, 0) is 0 Å². The van der Waals surface area contributed by atoms with Crippen LogP contribution in [0.1, 0.15) is 5.76 Å². The van der Waals surface area contributed by atoms with E-state index in [1.165, 1.54) is 4.90 Å². The number of aromatic hydroxyl groups is 1. The summed E-state index contributed by atoms with van der Waals surface area (Å²) in [6.07, 6.45) is -1.68. The monoisotopic (exact) mass is 676 g/mol. The number of nitrogen functional groups attached to an aromatic ring is 1. The maximum Gasteiger partial charge on any atom is 0.663 e. The van der Waals surface area contributed by atoms with Crippen LogP contribution in [0.2, 0.25) is 0 Å². The number of hydrogen-bond donors (Lipinski definition) is 11. The molecule has 0 saturated carbocycles. The van der Waals surface area contributed by atoms with Gasteiger partial charge in [-0.2, -0.15) is 24.6 Å². The predicted octanol–water partition coefficient (Wildman–Crippen LogP) is -1.73. The lowest BCUT2D eigenvalue weighted by Gasteiger charge is -2.28. The number of alkyl halides is 1. The molecule has 7 heterocycles. The number of aromatic amines is 1. The third-order valence-corrected chi connectivity index (χ3v) is 8.39. The number of nitrogens with two attached hydrogens (primary N) is 2. The number of fused-ring (bicyclic) bond motifs is 5. The van der Waals surface area contributed by atoms with Crippen LogP contribution in [0.3, 0.4) is 0 Å². The Morgan fingerprint density at radius 2 is 1.93 bits per heavy atom. The number of hydrogen-bond acceptors (Lipinski definition) is 20. The molecule has 13 N–H and O–H groups in total. The van der Waals surface area contributed by atoms with Gasteiger partial charge in [0, 0.05) is 0 Å². The molecule has 0 amide bonds. The van der Waals surface area contributed by atoms with Crippen LogP contribution >= 0.6 is 16.3 Å². The molecule has 240 valence electrons. The van der Waals surface area contributed by atoms with Crippen molar-refractivity contribution in [2.45, 2.75) is 18.9 Å². The Morgan fingerprint density at radius 3 is 2.73 bits per heavy atom. The van der Waals surface area contributed by atoms with Gasteiger partial charge in [-0.3, -0.25) is 24.1 Å². The standard InChI is InChI=1S/C20H21FN10O12P2/c21-8-6-1-38-44(34,35)42-12-7(41-18(11(12)32)30-4-26-9-14(22)24-3-25-15(9)30)2-39-45(36,37)43-13(8)19(40-6)31-5-27-10-16(31)28-20(23)29-17(10)33/h1,5,8,15,24-26,34-37H,2-4,22H2,(H2-2,23,28,29,32,33)/p+2/b6-1+/t8-,15?/m0/s1. The molecule has 1 saturated heterocycles. The van der Waals surface area contributed by atoms with E-state index < -0.39 is 75.5 Å². The number of aromatic nitrogens is 4. The van der Waals surface area contributed by atoms with Crippen LogP contribution in [0.25, 0.3) is 17.0 Å². The zero-order chi connectivity index (χ0) is 31.8. The van der Waals surface area contributed by atoms with Crippen LogP contribution in [-0.2, 0) is 24.9 Å². The molecule has 2 atom stereocenters. The number of furan rings is 1. The zero-order valence-corrected chi connectivity index (χ0v) is 24.0. The number of imidazole rings is 1. The molecule has 22 nitrogen and oxygen atoms in total. The van der Waals surface area contributed by atoms with Gasteiger partial charge in [0.05, 0.1) is 19.0 Å². The lowest BCUT2D eigenvalue weighted by molar-refractivity contribution is 0.117. The maximum absolute atomic E-state index is 15.6. The van der Waals surface area contributed by atoms with Crippen LogP contribution in [0.4, 0.5) is 16.2 Å². The minimum absolute atomic E-state index is 0.0544. The van der Waals surface area contributed by atoms with Crippen LogP contribution in [0, 0.1) is 0 Å². The molecular formula is C20H23FN10O12P2+2. The summed E-state index contributed by atoms with van der Waals surface area (Å²) in [6.45, 7) is -0.622. The topological polar surface area (TPSA) is 315 Å². The first-order valence-corrected chi connectivity index (χ1v) is 15.6. The summed E-state index contributed by atoms with van der Waals surface area (Å²) in [4.78, 5) is 66.3. The van der Waals surface area contributed by atoms with Crippen LogP contribution < -0.4 is 42.4 Å². The third kappa shape index (κ3) is 4.96. The molecule has 3 aromatic heterocycles. The molecule has 0 spiro atoms. The molecule has 7 rings (SSSR count). The van der Waals surface area contributed by atoms with Crippen molar-refractivity contribution < 1.29 is 56.3 Å². The van der Waals surface area contributed by atoms with Crippen molar-refractivity contribution >= 4 is 45.2 Å². The molecule has 4 aliphatic rings. The van der Waals surface area contributed by atoms with Crippen LogP contribution in [0.5, 0.6) is 11.5 Å². The van der Waals surface area contributed by atoms with Gasteiger partial charge in [0.2, 0.25) is 23.8 Å². The first-order valence-electron chi connectivity index (χ1n) is 12.5. The van der Waals surface area contributed by atoms with E-state index in [1.54, 1.807) is 0 Å². The molecule has 0 radical (unpaired) electrons. The summed E-state index contributed by atoms with van der Waals surface area (Å²) in [5.74, 6) is -4.54. The SMILES string of the molecule is NC1=C2NCN(c3oc4c(c3O)O[P+](O)(O)O/C=C3/OC(n5cnc6c(=O)[nH]c(N)nc65)=C(O[P+](O)(O)OC4)[C@H]3F)C2NCN1. The Balaban J connectivity index is 1.28. The van der Waals surface area contributed by atoms with Crippen LogP contribution in [0.15, 0.2) is 44.8 Å². The highest BCUT2D eigenvalue weighted by Crippen LogP contribution is 2.61. The minimum Gasteiger partial charge on any atom is -0.500 e. The Morgan fingerprint density at radius 1 is 1.13 bits per heavy atom. The first-order chi connectivity index (χ1) is 21.3. The zero-order valence-electron chi connectivity index (χ0n) is 22.2. The van der Waals surface area contributed by atoms with E-state index in [0.717, 1.165) is 10.9 Å². The van der Waals surface area contributed by atoms with Gasteiger partial charge < -0.3 is 41.3 Å². The fourth-order valence-corrected chi connectivity index (χ4v) is 6.22. The molecule has 1 fully saturated rings. The fourth-order valence-electron chi connectivity index (χ4n) is 4.74. The second kappa shape index (κ2) is 10.2. The second-order valence-corrected chi connectivity index (χ2v) is 12.3. The molecular weight excluding hydrogens is 653 g/mol. The van der Waals surface area contributed by atoms with Crippen molar-refractivity contribution in [2.24, 2.45) is 5.73 Å². The lowest BCUT2D eigenvalue weighted by Crippen LogP contribution is -2.51. The highest BCUT2D eigenvalue weighted by Gasteiger charge is 2.53. The Kier molecular flexibility index (Phi) is 6.62. The largest absolute Gasteiger partial charge is 0.663 e. The number of nitrogens with one attached hydrogen (secondary N) is 4. The van der Waals surface area contributed by atoms with Gasteiger partial charge in [-0.1, -0.05) is 0 Å². The van der Waals surface area contributed by atoms with E-state index in [4.69, 9.17) is 38.7 Å². The maximum atomic E-state index is 15.6. The third-order valence-electron chi connectivity index (χ3n) is 6.69. The average molecular weight is 676 g/mol. The summed E-state index contributed by atoms with van der Waals surface area (Å²) < 4.78 is 48.1. The number of halogens is 1. The van der Waals surface area contributed by atoms with Crippen molar-refractivity contribution in [3.63, 3.8) is 0 Å². The normalized spacial score (nSPS) is 25.2.